The van der Waals surface area contributed by atoms with Crippen LogP contribution in [-0.2, 0) is 4.74 Å². The van der Waals surface area contributed by atoms with Gasteiger partial charge in [-0.25, -0.2) is 0 Å². The highest BCUT2D eigenvalue weighted by molar-refractivity contribution is 4.97. The Morgan fingerprint density at radius 2 is 1.88 bits per heavy atom. The monoisotopic (exact) mass is 240 g/mol. The Kier molecular flexibility index (Phi) is 4.11. The average molecular weight is 240 g/mol. The lowest BCUT2D eigenvalue weighted by atomic mass is 9.70. The van der Waals surface area contributed by atoms with Gasteiger partial charge in [0, 0.05) is 6.61 Å². The molecular formula is C14H28N2O. The predicted octanol–water partition coefficient (Wildman–Crippen LogP) is 2.46. The highest BCUT2D eigenvalue weighted by atomic mass is 16.5. The van der Waals surface area contributed by atoms with Gasteiger partial charge < -0.3 is 4.74 Å². The number of hydrogen-bond acceptors (Lipinski definition) is 3. The molecule has 1 saturated heterocycles. The third-order valence-corrected chi connectivity index (χ3v) is 4.77. The minimum Gasteiger partial charge on any atom is -0.374 e. The van der Waals surface area contributed by atoms with E-state index in [2.05, 4.69) is 26.2 Å². The molecule has 17 heavy (non-hydrogen) atoms. The number of hydrazine groups is 1. The second-order valence-electron chi connectivity index (χ2n) is 6.59. The third kappa shape index (κ3) is 2.83. The van der Waals surface area contributed by atoms with Gasteiger partial charge in [-0.05, 0) is 56.8 Å². The van der Waals surface area contributed by atoms with Gasteiger partial charge in [0.25, 0.3) is 0 Å². The van der Waals surface area contributed by atoms with E-state index in [1.54, 1.807) is 0 Å². The Hall–Kier alpha value is -0.120. The molecule has 0 aromatic carbocycles. The van der Waals surface area contributed by atoms with Crippen LogP contribution in [0.1, 0.15) is 52.9 Å². The second kappa shape index (κ2) is 5.25. The lowest BCUT2D eigenvalue weighted by Crippen LogP contribution is -2.56. The smallest absolute Gasteiger partial charge is 0.0823 e. The quantitative estimate of drug-likeness (QED) is 0.588. The molecule has 1 aliphatic carbocycles. The van der Waals surface area contributed by atoms with Crippen LogP contribution in [0.25, 0.3) is 0 Å². The molecule has 1 aliphatic heterocycles. The predicted molar refractivity (Wildman–Crippen MR) is 70.4 cm³/mol. The van der Waals surface area contributed by atoms with Crippen molar-refractivity contribution in [1.82, 2.24) is 5.43 Å². The number of nitrogens with two attached hydrogens (primary N) is 1. The van der Waals surface area contributed by atoms with E-state index in [1.165, 1.54) is 25.7 Å². The fraction of sp³-hybridized carbons (Fsp3) is 1.00. The molecule has 0 aromatic heterocycles. The number of hydrogen-bond donors (Lipinski definition) is 2. The Morgan fingerprint density at radius 3 is 2.35 bits per heavy atom. The maximum atomic E-state index is 5.97. The summed E-state index contributed by atoms with van der Waals surface area (Å²) in [7, 11) is 0. The van der Waals surface area contributed by atoms with Crippen LogP contribution in [0.4, 0.5) is 0 Å². The molecule has 100 valence electrons. The van der Waals surface area contributed by atoms with E-state index in [0.717, 1.165) is 24.9 Å². The maximum absolute atomic E-state index is 5.97. The van der Waals surface area contributed by atoms with Crippen molar-refractivity contribution in [1.29, 1.82) is 0 Å². The van der Waals surface area contributed by atoms with Gasteiger partial charge in [0.1, 0.15) is 0 Å². The maximum Gasteiger partial charge on any atom is 0.0823 e. The van der Waals surface area contributed by atoms with Crippen LogP contribution in [0.15, 0.2) is 0 Å². The van der Waals surface area contributed by atoms with Crippen LogP contribution in [0, 0.1) is 17.8 Å². The summed E-state index contributed by atoms with van der Waals surface area (Å²) in [5.74, 6) is 8.15. The summed E-state index contributed by atoms with van der Waals surface area (Å²) in [5, 5.41) is 0. The summed E-state index contributed by atoms with van der Waals surface area (Å²) in [6.45, 7) is 7.86. The Morgan fingerprint density at radius 1 is 1.24 bits per heavy atom. The van der Waals surface area contributed by atoms with E-state index in [0.29, 0.717) is 12.0 Å². The zero-order valence-corrected chi connectivity index (χ0v) is 11.5. The minimum absolute atomic E-state index is 0.0454. The van der Waals surface area contributed by atoms with Crippen molar-refractivity contribution in [2.75, 3.05) is 6.61 Å². The van der Waals surface area contributed by atoms with Crippen molar-refractivity contribution in [3.05, 3.63) is 0 Å². The SMILES string of the molecule is CC1CC(C)CC(C(NN)C2(C)CCCO2)C1. The van der Waals surface area contributed by atoms with Gasteiger partial charge in [0.05, 0.1) is 11.6 Å². The summed E-state index contributed by atoms with van der Waals surface area (Å²) in [4.78, 5) is 0. The summed E-state index contributed by atoms with van der Waals surface area (Å²) < 4.78 is 5.97. The zero-order valence-electron chi connectivity index (χ0n) is 11.5. The molecule has 1 heterocycles. The Labute approximate surface area is 105 Å². The first-order chi connectivity index (χ1) is 8.05. The van der Waals surface area contributed by atoms with Gasteiger partial charge in [0.2, 0.25) is 0 Å². The van der Waals surface area contributed by atoms with Crippen molar-refractivity contribution in [3.63, 3.8) is 0 Å². The molecule has 3 heteroatoms. The van der Waals surface area contributed by atoms with Crippen molar-refractivity contribution in [2.45, 2.75) is 64.5 Å². The van der Waals surface area contributed by atoms with Crippen LogP contribution in [0.5, 0.6) is 0 Å². The summed E-state index contributed by atoms with van der Waals surface area (Å²) in [6.07, 6.45) is 6.26. The normalized spacial score (nSPS) is 44.8. The largest absolute Gasteiger partial charge is 0.374 e. The van der Waals surface area contributed by atoms with E-state index in [1.807, 2.05) is 0 Å². The Balaban J connectivity index is 2.06. The fourth-order valence-electron chi connectivity index (χ4n) is 4.14. The van der Waals surface area contributed by atoms with E-state index in [4.69, 9.17) is 10.6 Å². The summed E-state index contributed by atoms with van der Waals surface area (Å²) >= 11 is 0. The van der Waals surface area contributed by atoms with Crippen molar-refractivity contribution >= 4 is 0 Å². The van der Waals surface area contributed by atoms with Crippen molar-refractivity contribution in [2.24, 2.45) is 23.6 Å². The van der Waals surface area contributed by atoms with Gasteiger partial charge in [0.15, 0.2) is 0 Å². The highest BCUT2D eigenvalue weighted by Gasteiger charge is 2.43. The minimum atomic E-state index is -0.0454. The molecule has 0 amide bonds. The van der Waals surface area contributed by atoms with Gasteiger partial charge in [-0.3, -0.25) is 11.3 Å². The Bertz CT molecular complexity index is 241. The number of ether oxygens (including phenoxy) is 1. The molecule has 1 saturated carbocycles. The van der Waals surface area contributed by atoms with Crippen LogP contribution in [0.2, 0.25) is 0 Å². The summed E-state index contributed by atoms with van der Waals surface area (Å²) in [5.41, 5.74) is 3.02. The average Bonchev–Trinajstić information content (AvgIpc) is 2.65. The van der Waals surface area contributed by atoms with E-state index >= 15 is 0 Å². The number of rotatable bonds is 3. The third-order valence-electron chi connectivity index (χ3n) is 4.77. The van der Waals surface area contributed by atoms with Gasteiger partial charge >= 0.3 is 0 Å². The fourth-order valence-corrected chi connectivity index (χ4v) is 4.14. The lowest BCUT2D eigenvalue weighted by Gasteiger charge is -2.43. The van der Waals surface area contributed by atoms with Crippen molar-refractivity contribution < 1.29 is 4.74 Å². The molecule has 0 radical (unpaired) electrons. The van der Waals surface area contributed by atoms with Crippen LogP contribution < -0.4 is 11.3 Å². The molecule has 0 spiro atoms. The number of nitrogens with one attached hydrogen (secondary N) is 1. The standard InChI is InChI=1S/C14H28N2O/c1-10-7-11(2)9-12(8-10)13(16-15)14(3)5-4-6-17-14/h10-13,16H,4-9,15H2,1-3H3. The summed E-state index contributed by atoms with van der Waals surface area (Å²) in [6, 6.07) is 0.315. The van der Waals surface area contributed by atoms with Gasteiger partial charge in [-0.15, -0.1) is 0 Å². The lowest BCUT2D eigenvalue weighted by molar-refractivity contribution is -0.0399. The molecule has 3 N–H and O–H groups in total. The molecular weight excluding hydrogens is 212 g/mol. The molecule has 0 bridgehead atoms. The molecule has 0 aromatic rings. The van der Waals surface area contributed by atoms with Crippen LogP contribution in [0.3, 0.4) is 0 Å². The van der Waals surface area contributed by atoms with Crippen molar-refractivity contribution in [3.8, 4) is 0 Å². The highest BCUT2D eigenvalue weighted by Crippen LogP contribution is 2.40. The van der Waals surface area contributed by atoms with E-state index in [-0.39, 0.29) is 5.60 Å². The molecule has 2 rings (SSSR count). The van der Waals surface area contributed by atoms with E-state index < -0.39 is 0 Å². The zero-order chi connectivity index (χ0) is 12.5. The molecule has 2 aliphatic rings. The van der Waals surface area contributed by atoms with Crippen LogP contribution in [-0.4, -0.2) is 18.2 Å². The van der Waals surface area contributed by atoms with Crippen LogP contribution >= 0.6 is 0 Å². The molecule has 2 fully saturated rings. The topological polar surface area (TPSA) is 47.3 Å². The first kappa shape index (κ1) is 13.3. The molecule has 3 nitrogen and oxygen atoms in total. The first-order valence-electron chi connectivity index (χ1n) is 7.15. The second-order valence-corrected chi connectivity index (χ2v) is 6.59. The van der Waals surface area contributed by atoms with Gasteiger partial charge in [-0.2, -0.15) is 0 Å². The first-order valence-corrected chi connectivity index (χ1v) is 7.15. The van der Waals surface area contributed by atoms with Gasteiger partial charge in [-0.1, -0.05) is 13.8 Å². The molecule has 4 unspecified atom stereocenters. The van der Waals surface area contributed by atoms with E-state index in [9.17, 15) is 0 Å². The molecule has 4 atom stereocenters.